The molecule has 0 heterocycles. The summed E-state index contributed by atoms with van der Waals surface area (Å²) in [5.74, 6) is -0.581. The van der Waals surface area contributed by atoms with E-state index >= 15 is 0 Å². The van der Waals surface area contributed by atoms with Crippen molar-refractivity contribution in [3.63, 3.8) is 0 Å². The Labute approximate surface area is 89.8 Å². The average Bonchev–Trinajstić information content (AvgIpc) is 2.10. The monoisotopic (exact) mass is 208 g/mol. The smallest absolute Gasteiger partial charge is 0.303 e. The molecule has 0 bridgehead atoms. The number of carbonyl (C=O) groups is 2. The first-order chi connectivity index (χ1) is 6.78. The van der Waals surface area contributed by atoms with Crippen molar-refractivity contribution in [3.05, 3.63) is 22.8 Å². The van der Waals surface area contributed by atoms with Gasteiger partial charge in [0.05, 0.1) is 0 Å². The summed E-state index contributed by atoms with van der Waals surface area (Å²) < 4.78 is 5.08. The number of allylic oxidation sites excluding steroid dienone is 2. The van der Waals surface area contributed by atoms with Crippen LogP contribution in [0.25, 0.3) is 0 Å². The van der Waals surface area contributed by atoms with Crippen molar-refractivity contribution >= 4 is 11.8 Å². The van der Waals surface area contributed by atoms with Gasteiger partial charge in [-0.25, -0.2) is 0 Å². The highest BCUT2D eigenvalue weighted by Crippen LogP contribution is 2.30. The Morgan fingerprint density at radius 1 is 1.27 bits per heavy atom. The van der Waals surface area contributed by atoms with Crippen LogP contribution >= 0.6 is 0 Å². The van der Waals surface area contributed by atoms with Crippen molar-refractivity contribution in [2.24, 2.45) is 0 Å². The molecule has 0 aromatic heterocycles. The van der Waals surface area contributed by atoms with Crippen molar-refractivity contribution in [1.29, 1.82) is 0 Å². The molecule has 0 aromatic carbocycles. The van der Waals surface area contributed by atoms with Crippen LogP contribution in [0, 0.1) is 0 Å². The Bertz CT molecular complexity index is 388. The molecule has 1 unspecified atom stereocenters. The third-order valence-electron chi connectivity index (χ3n) is 2.79. The van der Waals surface area contributed by atoms with Gasteiger partial charge in [0.1, 0.15) is 0 Å². The van der Waals surface area contributed by atoms with Gasteiger partial charge in [0.15, 0.2) is 5.60 Å². The maximum atomic E-state index is 12.0. The van der Waals surface area contributed by atoms with Crippen LogP contribution in [0.1, 0.15) is 34.6 Å². The second kappa shape index (κ2) is 3.65. The summed E-state index contributed by atoms with van der Waals surface area (Å²) in [4.78, 5) is 22.9. The first-order valence-corrected chi connectivity index (χ1v) is 4.89. The van der Waals surface area contributed by atoms with E-state index in [1.807, 2.05) is 13.8 Å². The van der Waals surface area contributed by atoms with Gasteiger partial charge < -0.3 is 4.74 Å². The Balaban J connectivity index is 3.17. The topological polar surface area (TPSA) is 43.4 Å². The minimum absolute atomic E-state index is 0.138. The van der Waals surface area contributed by atoms with Crippen LogP contribution in [-0.2, 0) is 14.3 Å². The second-order valence-electron chi connectivity index (χ2n) is 4.11. The van der Waals surface area contributed by atoms with E-state index in [9.17, 15) is 9.59 Å². The summed E-state index contributed by atoms with van der Waals surface area (Å²) in [7, 11) is 0. The number of rotatable bonds is 1. The lowest BCUT2D eigenvalue weighted by Crippen LogP contribution is -2.41. The summed E-state index contributed by atoms with van der Waals surface area (Å²) in [6.07, 6.45) is 1.71. The van der Waals surface area contributed by atoms with Gasteiger partial charge >= 0.3 is 5.97 Å². The largest absolute Gasteiger partial charge is 0.447 e. The normalized spacial score (nSPS) is 26.5. The van der Waals surface area contributed by atoms with Crippen molar-refractivity contribution in [2.45, 2.75) is 40.2 Å². The predicted octanol–water partition coefficient (Wildman–Crippen LogP) is 2.17. The van der Waals surface area contributed by atoms with Crippen molar-refractivity contribution in [1.82, 2.24) is 0 Å². The first kappa shape index (κ1) is 11.7. The number of Topliss-reactive ketones (excluding diaryl/α,β-unsaturated/α-hetero) is 1. The molecule has 0 amide bonds. The number of carbonyl (C=O) groups excluding carboxylic acids is 2. The highest BCUT2D eigenvalue weighted by molar-refractivity contribution is 6.06. The summed E-state index contributed by atoms with van der Waals surface area (Å²) in [6, 6.07) is 0. The summed E-state index contributed by atoms with van der Waals surface area (Å²) in [6.45, 7) is 8.49. The van der Waals surface area contributed by atoms with Crippen LogP contribution < -0.4 is 0 Å². The molecule has 0 aromatic rings. The molecule has 1 atom stereocenters. The van der Waals surface area contributed by atoms with Gasteiger partial charge in [0.2, 0.25) is 5.78 Å². The zero-order valence-electron chi connectivity index (χ0n) is 9.80. The Hall–Kier alpha value is -1.38. The van der Waals surface area contributed by atoms with Crippen LogP contribution in [0.3, 0.4) is 0 Å². The zero-order chi connectivity index (χ0) is 11.8. The molecule has 0 fully saturated rings. The molecule has 15 heavy (non-hydrogen) atoms. The lowest BCUT2D eigenvalue weighted by Gasteiger charge is -2.30. The molecule has 3 heteroatoms. The quantitative estimate of drug-likeness (QED) is 0.620. The van der Waals surface area contributed by atoms with Crippen LogP contribution in [-0.4, -0.2) is 17.4 Å². The Kier molecular flexibility index (Phi) is 2.84. The lowest BCUT2D eigenvalue weighted by atomic mass is 9.83. The van der Waals surface area contributed by atoms with Gasteiger partial charge in [0.25, 0.3) is 0 Å². The molecule has 82 valence electrons. The fraction of sp³-hybridized carbons (Fsp3) is 0.500. The summed E-state index contributed by atoms with van der Waals surface area (Å²) in [5.41, 5.74) is 1.48. The fourth-order valence-corrected chi connectivity index (χ4v) is 1.80. The highest BCUT2D eigenvalue weighted by Gasteiger charge is 2.38. The van der Waals surface area contributed by atoms with E-state index in [4.69, 9.17) is 4.74 Å². The standard InChI is InChI=1S/C12H16O3/c1-7-6-12(5,15-10(4)13)11(14)9(3)8(7)2/h6H,1-5H3. The van der Waals surface area contributed by atoms with Crippen LogP contribution in [0.4, 0.5) is 0 Å². The van der Waals surface area contributed by atoms with Crippen molar-refractivity contribution in [2.75, 3.05) is 0 Å². The third kappa shape index (κ3) is 2.01. The van der Waals surface area contributed by atoms with E-state index in [1.54, 1.807) is 19.9 Å². The average molecular weight is 208 g/mol. The summed E-state index contributed by atoms with van der Waals surface area (Å²) in [5, 5.41) is 0. The van der Waals surface area contributed by atoms with Crippen molar-refractivity contribution < 1.29 is 14.3 Å². The minimum atomic E-state index is -1.13. The molecule has 1 aliphatic rings. The molecule has 1 aliphatic carbocycles. The third-order valence-corrected chi connectivity index (χ3v) is 2.79. The fourth-order valence-electron chi connectivity index (χ4n) is 1.80. The number of hydrogen-bond donors (Lipinski definition) is 0. The number of ketones is 1. The molecule has 0 saturated heterocycles. The van der Waals surface area contributed by atoms with Crippen LogP contribution in [0.5, 0.6) is 0 Å². The van der Waals surface area contributed by atoms with Crippen LogP contribution in [0.2, 0.25) is 0 Å². The maximum absolute atomic E-state index is 12.0. The Morgan fingerprint density at radius 3 is 2.27 bits per heavy atom. The molecule has 0 spiro atoms. The van der Waals surface area contributed by atoms with E-state index < -0.39 is 11.6 Å². The molecular formula is C12H16O3. The second-order valence-corrected chi connectivity index (χ2v) is 4.11. The molecule has 0 aliphatic heterocycles. The lowest BCUT2D eigenvalue weighted by molar-refractivity contribution is -0.157. The molecule has 0 saturated carbocycles. The van der Waals surface area contributed by atoms with E-state index in [-0.39, 0.29) is 5.78 Å². The van der Waals surface area contributed by atoms with Gasteiger partial charge in [-0.15, -0.1) is 0 Å². The van der Waals surface area contributed by atoms with Crippen molar-refractivity contribution in [3.8, 4) is 0 Å². The van der Waals surface area contributed by atoms with E-state index in [1.165, 1.54) is 6.92 Å². The molecule has 0 radical (unpaired) electrons. The number of esters is 1. The molecule has 1 rings (SSSR count). The van der Waals surface area contributed by atoms with Crippen LogP contribution in [0.15, 0.2) is 22.8 Å². The van der Waals surface area contributed by atoms with Gasteiger partial charge in [0, 0.05) is 6.92 Å². The SMILES string of the molecule is CC(=O)OC1(C)C=C(C)C(C)=C(C)C1=O. The first-order valence-electron chi connectivity index (χ1n) is 4.89. The van der Waals surface area contributed by atoms with Gasteiger partial charge in [-0.05, 0) is 50.5 Å². The van der Waals surface area contributed by atoms with E-state index in [2.05, 4.69) is 0 Å². The van der Waals surface area contributed by atoms with E-state index in [0.29, 0.717) is 5.57 Å². The van der Waals surface area contributed by atoms with Gasteiger partial charge in [-0.2, -0.15) is 0 Å². The molecular weight excluding hydrogens is 192 g/mol. The molecule has 0 N–H and O–H groups in total. The number of hydrogen-bond acceptors (Lipinski definition) is 3. The summed E-state index contributed by atoms with van der Waals surface area (Å²) >= 11 is 0. The van der Waals surface area contributed by atoms with Gasteiger partial charge in [-0.3, -0.25) is 9.59 Å². The minimum Gasteiger partial charge on any atom is -0.447 e. The Morgan fingerprint density at radius 2 is 1.80 bits per heavy atom. The van der Waals surface area contributed by atoms with Gasteiger partial charge in [-0.1, -0.05) is 0 Å². The molecule has 3 nitrogen and oxygen atoms in total. The number of ether oxygens (including phenoxy) is 1. The highest BCUT2D eigenvalue weighted by atomic mass is 16.6. The zero-order valence-corrected chi connectivity index (χ0v) is 9.80. The maximum Gasteiger partial charge on any atom is 0.303 e. The van der Waals surface area contributed by atoms with E-state index in [0.717, 1.165) is 11.1 Å². The predicted molar refractivity (Wildman–Crippen MR) is 57.3 cm³/mol.